The average molecular weight is 586 g/mol. The van der Waals surface area contributed by atoms with Gasteiger partial charge in [0.25, 0.3) is 0 Å². The summed E-state index contributed by atoms with van der Waals surface area (Å²) in [5.41, 5.74) is 4.38. The molecule has 0 spiro atoms. The van der Waals surface area contributed by atoms with Gasteiger partial charge in [-0.15, -0.1) is 0 Å². The highest BCUT2D eigenvalue weighted by Crippen LogP contribution is 2.34. The van der Waals surface area contributed by atoms with Crippen molar-refractivity contribution in [3.05, 3.63) is 77.5 Å². The molecule has 0 atom stereocenters. The summed E-state index contributed by atoms with van der Waals surface area (Å²) in [6.45, 7) is 8.12. The molecule has 1 amide bonds. The van der Waals surface area contributed by atoms with Gasteiger partial charge in [-0.2, -0.15) is 0 Å². The van der Waals surface area contributed by atoms with Crippen LogP contribution in [-0.4, -0.2) is 78.2 Å². The van der Waals surface area contributed by atoms with E-state index in [4.69, 9.17) is 14.9 Å². The number of ether oxygens (including phenoxy) is 2. The quantitative estimate of drug-likeness (QED) is 0.280. The van der Waals surface area contributed by atoms with Gasteiger partial charge in [0, 0.05) is 49.2 Å². The predicted octanol–water partition coefficient (Wildman–Crippen LogP) is 5.52. The topological polar surface area (TPSA) is 128 Å². The first-order valence-electron chi connectivity index (χ1n) is 14.8. The molecule has 0 unspecified atom stereocenters. The van der Waals surface area contributed by atoms with Crippen LogP contribution in [-0.2, 0) is 16.1 Å². The fraction of sp³-hybridized carbons (Fsp3) is 0.394. The van der Waals surface area contributed by atoms with Gasteiger partial charge in [0.1, 0.15) is 12.4 Å². The molecule has 43 heavy (non-hydrogen) atoms. The maximum absolute atomic E-state index is 12.7. The number of rotatable bonds is 9. The monoisotopic (exact) mass is 585 g/mol. The van der Waals surface area contributed by atoms with Crippen molar-refractivity contribution in [2.24, 2.45) is 5.92 Å². The first kappa shape index (κ1) is 30.0. The highest BCUT2D eigenvalue weighted by atomic mass is 16.6. The number of nitrogens with one attached hydrogen (secondary N) is 2. The molecule has 10 nitrogen and oxygen atoms in total. The van der Waals surface area contributed by atoms with Crippen LogP contribution in [0.3, 0.4) is 0 Å². The molecule has 3 N–H and O–H groups in total. The number of morpholine rings is 1. The van der Waals surface area contributed by atoms with Gasteiger partial charge in [0.15, 0.2) is 5.69 Å². The summed E-state index contributed by atoms with van der Waals surface area (Å²) < 4.78 is 11.0. The van der Waals surface area contributed by atoms with E-state index >= 15 is 0 Å². The van der Waals surface area contributed by atoms with Gasteiger partial charge in [-0.05, 0) is 53.6 Å². The Labute approximate surface area is 252 Å². The van der Waals surface area contributed by atoms with E-state index < -0.39 is 5.97 Å². The summed E-state index contributed by atoms with van der Waals surface area (Å²) in [4.78, 5) is 33.3. The zero-order valence-corrected chi connectivity index (χ0v) is 24.7. The standard InChI is InChI=1S/C33H39N5O5/c1-22(2)30(34)29-27(24-8-10-26(11-9-24)37-16-18-42-19-17-37)20-28(32(39)40)36-31(29)35-25-12-14-38(15-13-25)33(41)43-21-23-6-4-3-5-7-23/h3-11,20,22,25,34H,12-19,21H2,1-2H3,(H,35,36)(H,39,40). The number of nitrogens with zero attached hydrogens (tertiary/aromatic N) is 3. The van der Waals surface area contributed by atoms with Crippen LogP contribution in [0.2, 0.25) is 0 Å². The van der Waals surface area contributed by atoms with Crippen molar-refractivity contribution in [2.75, 3.05) is 49.6 Å². The van der Waals surface area contributed by atoms with Gasteiger partial charge in [-0.3, -0.25) is 0 Å². The molecule has 10 heteroatoms. The van der Waals surface area contributed by atoms with Crippen LogP contribution in [0.25, 0.3) is 11.1 Å². The zero-order valence-electron chi connectivity index (χ0n) is 24.7. The highest BCUT2D eigenvalue weighted by molar-refractivity contribution is 6.10. The molecule has 0 aliphatic carbocycles. The van der Waals surface area contributed by atoms with E-state index in [-0.39, 0.29) is 30.4 Å². The normalized spacial score (nSPS) is 15.8. The van der Waals surface area contributed by atoms with Crippen LogP contribution in [0.4, 0.5) is 16.3 Å². The number of carboxylic acid groups (broad SMARTS) is 1. The van der Waals surface area contributed by atoms with E-state index in [0.29, 0.717) is 61.8 Å². The van der Waals surface area contributed by atoms with Crippen molar-refractivity contribution >= 4 is 29.3 Å². The van der Waals surface area contributed by atoms with E-state index in [0.717, 1.165) is 29.9 Å². The molecule has 5 rings (SSSR count). The molecule has 0 bridgehead atoms. The van der Waals surface area contributed by atoms with E-state index in [1.807, 2.05) is 68.4 Å². The van der Waals surface area contributed by atoms with Crippen molar-refractivity contribution in [3.8, 4) is 11.1 Å². The number of carboxylic acids is 1. The van der Waals surface area contributed by atoms with Crippen molar-refractivity contribution in [2.45, 2.75) is 39.3 Å². The minimum atomic E-state index is -1.13. The van der Waals surface area contributed by atoms with Gasteiger partial charge < -0.3 is 35.1 Å². The number of benzene rings is 2. The maximum Gasteiger partial charge on any atom is 0.410 e. The first-order chi connectivity index (χ1) is 20.8. The Kier molecular flexibility index (Phi) is 9.56. The molecule has 0 radical (unpaired) electrons. The molecule has 2 aliphatic rings. The Hall–Kier alpha value is -4.44. The number of hydrogen-bond acceptors (Lipinski definition) is 8. The Bertz CT molecular complexity index is 1430. The van der Waals surface area contributed by atoms with Gasteiger partial charge in [-0.25, -0.2) is 14.6 Å². The smallest absolute Gasteiger partial charge is 0.410 e. The molecular weight excluding hydrogens is 546 g/mol. The minimum Gasteiger partial charge on any atom is -0.477 e. The van der Waals surface area contributed by atoms with Gasteiger partial charge in [0.05, 0.1) is 13.2 Å². The number of carbonyl (C=O) groups excluding carboxylic acids is 1. The molecule has 2 aliphatic heterocycles. The molecule has 2 saturated heterocycles. The van der Waals surface area contributed by atoms with Crippen LogP contribution in [0.15, 0.2) is 60.7 Å². The molecule has 2 fully saturated rings. The van der Waals surface area contributed by atoms with Crippen LogP contribution in [0, 0.1) is 11.3 Å². The van der Waals surface area contributed by atoms with Gasteiger partial charge in [0.2, 0.25) is 0 Å². The SMILES string of the molecule is CC(C)C(=N)c1c(-c2ccc(N3CCOCC3)cc2)cc(C(=O)O)nc1NC1CCN(C(=O)OCc2ccccc2)CC1. The fourth-order valence-electron chi connectivity index (χ4n) is 5.43. The lowest BCUT2D eigenvalue weighted by Gasteiger charge is -2.32. The number of pyridine rings is 1. The number of likely N-dealkylation sites (tertiary alicyclic amines) is 1. The van der Waals surface area contributed by atoms with Crippen LogP contribution in [0.1, 0.15) is 48.3 Å². The summed E-state index contributed by atoms with van der Waals surface area (Å²) in [5, 5.41) is 22.4. The van der Waals surface area contributed by atoms with E-state index in [1.165, 1.54) is 0 Å². The lowest BCUT2D eigenvalue weighted by atomic mass is 9.91. The lowest BCUT2D eigenvalue weighted by molar-refractivity contribution is 0.0690. The second-order valence-corrected chi connectivity index (χ2v) is 11.2. The number of piperidine rings is 1. The molecule has 3 aromatic rings. The summed E-state index contributed by atoms with van der Waals surface area (Å²) >= 11 is 0. The van der Waals surface area contributed by atoms with Gasteiger partial charge >= 0.3 is 12.1 Å². The Balaban J connectivity index is 1.35. The van der Waals surface area contributed by atoms with Crippen molar-refractivity contribution in [3.63, 3.8) is 0 Å². The van der Waals surface area contributed by atoms with Gasteiger partial charge in [-0.1, -0.05) is 56.3 Å². The molecule has 0 saturated carbocycles. The third-order valence-corrected chi connectivity index (χ3v) is 7.94. The number of anilines is 2. The second kappa shape index (κ2) is 13.7. The third kappa shape index (κ3) is 7.32. The summed E-state index contributed by atoms with van der Waals surface area (Å²) in [5.74, 6) is -0.852. The second-order valence-electron chi connectivity index (χ2n) is 11.2. The third-order valence-electron chi connectivity index (χ3n) is 7.94. The number of hydrogen-bond donors (Lipinski definition) is 3. The van der Waals surface area contributed by atoms with Crippen molar-refractivity contribution in [1.29, 1.82) is 5.41 Å². The summed E-state index contributed by atoms with van der Waals surface area (Å²) in [6.07, 6.45) is 0.924. The number of aromatic carboxylic acids is 1. The highest BCUT2D eigenvalue weighted by Gasteiger charge is 2.28. The molecule has 1 aromatic heterocycles. The summed E-state index contributed by atoms with van der Waals surface area (Å²) in [7, 11) is 0. The van der Waals surface area contributed by atoms with E-state index in [9.17, 15) is 14.7 Å². The van der Waals surface area contributed by atoms with Crippen LogP contribution >= 0.6 is 0 Å². The maximum atomic E-state index is 12.7. The Morgan fingerprint density at radius 2 is 1.72 bits per heavy atom. The number of amides is 1. The minimum absolute atomic E-state index is 0.0509. The summed E-state index contributed by atoms with van der Waals surface area (Å²) in [6, 6.07) is 19.1. The fourth-order valence-corrected chi connectivity index (χ4v) is 5.43. The number of aromatic nitrogens is 1. The zero-order chi connectivity index (χ0) is 30.3. The van der Waals surface area contributed by atoms with E-state index in [1.54, 1.807) is 11.0 Å². The van der Waals surface area contributed by atoms with Crippen LogP contribution < -0.4 is 10.2 Å². The van der Waals surface area contributed by atoms with Crippen molar-refractivity contribution < 1.29 is 24.2 Å². The molecule has 3 heterocycles. The van der Waals surface area contributed by atoms with E-state index in [2.05, 4.69) is 15.2 Å². The first-order valence-corrected chi connectivity index (χ1v) is 14.8. The average Bonchev–Trinajstić information content (AvgIpc) is 3.04. The lowest BCUT2D eigenvalue weighted by Crippen LogP contribution is -2.43. The molecule has 2 aromatic carbocycles. The Morgan fingerprint density at radius 1 is 1.05 bits per heavy atom. The molecular formula is C33H39N5O5. The number of carbonyl (C=O) groups is 2. The predicted molar refractivity (Wildman–Crippen MR) is 166 cm³/mol. The van der Waals surface area contributed by atoms with Crippen LogP contribution in [0.5, 0.6) is 0 Å². The molecule has 226 valence electrons. The largest absolute Gasteiger partial charge is 0.477 e. The van der Waals surface area contributed by atoms with Crippen molar-refractivity contribution in [1.82, 2.24) is 9.88 Å². The Morgan fingerprint density at radius 3 is 2.35 bits per heavy atom.